The summed E-state index contributed by atoms with van der Waals surface area (Å²) in [6.45, 7) is 6.25. The lowest BCUT2D eigenvalue weighted by atomic mass is 10.3. The summed E-state index contributed by atoms with van der Waals surface area (Å²) in [4.78, 5) is 7.10. The average molecular weight is 300 g/mol. The molecule has 5 heteroatoms. The molecule has 1 aromatic heterocycles. The van der Waals surface area contributed by atoms with Gasteiger partial charge < -0.3 is 5.32 Å². The fourth-order valence-corrected chi connectivity index (χ4v) is 3.20. The minimum absolute atomic E-state index is 0.777. The second-order valence-corrected chi connectivity index (χ2v) is 6.43. The first-order valence-electron chi connectivity index (χ1n) is 6.99. The fraction of sp³-hybridized carbons (Fsp3) is 0.643. The molecule has 1 aromatic rings. The minimum Gasteiger partial charge on any atom is -0.370 e. The Labute approximate surface area is 125 Å². The first kappa shape index (κ1) is 14.9. The van der Waals surface area contributed by atoms with Gasteiger partial charge >= 0.3 is 0 Å². The molecular weight excluding hydrogens is 278 g/mol. The van der Waals surface area contributed by atoms with E-state index in [1.165, 1.54) is 17.9 Å². The van der Waals surface area contributed by atoms with Crippen molar-refractivity contribution in [2.24, 2.45) is 0 Å². The molecule has 0 aromatic carbocycles. The van der Waals surface area contributed by atoms with E-state index in [9.17, 15) is 0 Å². The van der Waals surface area contributed by atoms with Crippen LogP contribution in [0.15, 0.2) is 12.1 Å². The molecule has 1 saturated heterocycles. The molecule has 106 valence electrons. The van der Waals surface area contributed by atoms with E-state index in [4.69, 9.17) is 11.6 Å². The summed E-state index contributed by atoms with van der Waals surface area (Å²) in [5.41, 5.74) is 0.995. The van der Waals surface area contributed by atoms with Crippen LogP contribution in [0, 0.1) is 0 Å². The van der Waals surface area contributed by atoms with Crippen molar-refractivity contribution in [1.82, 2.24) is 9.88 Å². The van der Waals surface area contributed by atoms with E-state index in [0.29, 0.717) is 0 Å². The molecule has 0 radical (unpaired) electrons. The van der Waals surface area contributed by atoms with Gasteiger partial charge in [0.15, 0.2) is 0 Å². The molecule has 2 heterocycles. The van der Waals surface area contributed by atoms with Gasteiger partial charge in [-0.15, -0.1) is 0 Å². The Morgan fingerprint density at radius 1 is 1.37 bits per heavy atom. The topological polar surface area (TPSA) is 28.2 Å². The summed E-state index contributed by atoms with van der Waals surface area (Å²) in [6, 6.07) is 3.91. The molecule has 0 atom stereocenters. The van der Waals surface area contributed by atoms with Gasteiger partial charge in [0, 0.05) is 25.4 Å². The second-order valence-electron chi connectivity index (χ2n) is 4.79. The van der Waals surface area contributed by atoms with Crippen LogP contribution in [0.2, 0.25) is 5.02 Å². The number of hydrogen-bond donors (Lipinski definition) is 1. The molecule has 0 amide bonds. The molecule has 0 bridgehead atoms. The van der Waals surface area contributed by atoms with E-state index in [-0.39, 0.29) is 0 Å². The van der Waals surface area contributed by atoms with Crippen LogP contribution in [0.25, 0.3) is 0 Å². The van der Waals surface area contributed by atoms with Crippen molar-refractivity contribution in [2.75, 3.05) is 36.5 Å². The zero-order valence-electron chi connectivity index (χ0n) is 11.5. The third-order valence-electron chi connectivity index (χ3n) is 3.16. The Kier molecular flexibility index (Phi) is 6.28. The highest BCUT2D eigenvalue weighted by Crippen LogP contribution is 2.20. The predicted octanol–water partition coefficient (Wildman–Crippen LogP) is 3.50. The highest BCUT2D eigenvalue weighted by molar-refractivity contribution is 7.99. The third-order valence-corrected chi connectivity index (χ3v) is 4.56. The molecule has 0 unspecified atom stereocenters. The molecule has 2 rings (SSSR count). The van der Waals surface area contributed by atoms with Crippen LogP contribution in [-0.2, 0) is 6.54 Å². The average Bonchev–Trinajstić information content (AvgIpc) is 2.68. The molecular formula is C14H22ClN3S. The number of pyridine rings is 1. The van der Waals surface area contributed by atoms with Gasteiger partial charge in [-0.25, -0.2) is 4.98 Å². The maximum atomic E-state index is 6.27. The molecule has 0 saturated carbocycles. The van der Waals surface area contributed by atoms with Crippen molar-refractivity contribution in [1.29, 1.82) is 0 Å². The molecule has 19 heavy (non-hydrogen) atoms. The van der Waals surface area contributed by atoms with Gasteiger partial charge in [-0.3, -0.25) is 4.90 Å². The monoisotopic (exact) mass is 299 g/mol. The van der Waals surface area contributed by atoms with Gasteiger partial charge in [0.1, 0.15) is 5.82 Å². The number of halogens is 1. The van der Waals surface area contributed by atoms with Gasteiger partial charge in [0.05, 0.1) is 10.7 Å². The summed E-state index contributed by atoms with van der Waals surface area (Å²) in [5, 5.41) is 4.10. The number of nitrogens with one attached hydrogen (secondary N) is 1. The van der Waals surface area contributed by atoms with Crippen molar-refractivity contribution in [3.63, 3.8) is 0 Å². The Hall–Kier alpha value is -0.450. The van der Waals surface area contributed by atoms with Crippen LogP contribution in [-0.4, -0.2) is 41.0 Å². The minimum atomic E-state index is 0.777. The molecule has 1 aliphatic heterocycles. The number of nitrogens with zero attached hydrogens (tertiary/aromatic N) is 2. The van der Waals surface area contributed by atoms with Crippen molar-refractivity contribution in [3.05, 3.63) is 22.8 Å². The summed E-state index contributed by atoms with van der Waals surface area (Å²) in [7, 11) is 0. The van der Waals surface area contributed by atoms with Crippen LogP contribution in [0.5, 0.6) is 0 Å². The zero-order chi connectivity index (χ0) is 13.5. The summed E-state index contributed by atoms with van der Waals surface area (Å²) >= 11 is 8.31. The maximum absolute atomic E-state index is 6.27. The van der Waals surface area contributed by atoms with E-state index >= 15 is 0 Å². The SMILES string of the molecule is CCCNc1ccc(Cl)c(CN2CCCSCC2)n1. The van der Waals surface area contributed by atoms with Gasteiger partial charge in [-0.05, 0) is 37.3 Å². The largest absolute Gasteiger partial charge is 0.370 e. The number of rotatable bonds is 5. The Balaban J connectivity index is 2.00. The lowest BCUT2D eigenvalue weighted by Crippen LogP contribution is -2.26. The van der Waals surface area contributed by atoms with Crippen molar-refractivity contribution >= 4 is 29.2 Å². The maximum Gasteiger partial charge on any atom is 0.126 e. The highest BCUT2D eigenvalue weighted by atomic mass is 35.5. The Morgan fingerprint density at radius 2 is 2.26 bits per heavy atom. The van der Waals surface area contributed by atoms with E-state index in [0.717, 1.165) is 49.1 Å². The van der Waals surface area contributed by atoms with Gasteiger partial charge in [-0.1, -0.05) is 18.5 Å². The second kappa shape index (κ2) is 7.98. The molecule has 0 spiro atoms. The smallest absolute Gasteiger partial charge is 0.126 e. The number of hydrogen-bond acceptors (Lipinski definition) is 4. The molecule has 3 nitrogen and oxygen atoms in total. The Bertz CT molecular complexity index is 392. The van der Waals surface area contributed by atoms with Gasteiger partial charge in [-0.2, -0.15) is 11.8 Å². The van der Waals surface area contributed by atoms with Crippen molar-refractivity contribution in [3.8, 4) is 0 Å². The number of anilines is 1. The van der Waals surface area contributed by atoms with Crippen LogP contribution < -0.4 is 5.32 Å². The Morgan fingerprint density at radius 3 is 3.11 bits per heavy atom. The normalized spacial score (nSPS) is 17.2. The van der Waals surface area contributed by atoms with Gasteiger partial charge in [0.2, 0.25) is 0 Å². The highest BCUT2D eigenvalue weighted by Gasteiger charge is 2.12. The first-order valence-corrected chi connectivity index (χ1v) is 8.52. The summed E-state index contributed by atoms with van der Waals surface area (Å²) in [6.07, 6.45) is 2.36. The third kappa shape index (κ3) is 4.86. The predicted molar refractivity (Wildman–Crippen MR) is 85.2 cm³/mol. The molecule has 1 fully saturated rings. The standard InChI is InChI=1S/C14H22ClN3S/c1-2-6-16-14-5-4-12(15)13(17-14)11-18-7-3-9-19-10-8-18/h4-5H,2-3,6-11H2,1H3,(H,16,17). The van der Waals surface area contributed by atoms with Crippen molar-refractivity contribution in [2.45, 2.75) is 26.3 Å². The fourth-order valence-electron chi connectivity index (χ4n) is 2.11. The molecule has 1 N–H and O–H groups in total. The quantitative estimate of drug-likeness (QED) is 0.901. The zero-order valence-corrected chi connectivity index (χ0v) is 13.1. The summed E-state index contributed by atoms with van der Waals surface area (Å²) < 4.78 is 0. The lowest BCUT2D eigenvalue weighted by molar-refractivity contribution is 0.284. The van der Waals surface area contributed by atoms with E-state index in [1.54, 1.807) is 0 Å². The van der Waals surface area contributed by atoms with E-state index in [1.807, 2.05) is 23.9 Å². The van der Waals surface area contributed by atoms with Crippen LogP contribution >= 0.6 is 23.4 Å². The lowest BCUT2D eigenvalue weighted by Gasteiger charge is -2.20. The summed E-state index contributed by atoms with van der Waals surface area (Å²) in [5.74, 6) is 3.42. The van der Waals surface area contributed by atoms with Crippen LogP contribution in [0.1, 0.15) is 25.5 Å². The van der Waals surface area contributed by atoms with Gasteiger partial charge in [0.25, 0.3) is 0 Å². The van der Waals surface area contributed by atoms with E-state index < -0.39 is 0 Å². The van der Waals surface area contributed by atoms with Crippen LogP contribution in [0.3, 0.4) is 0 Å². The van der Waals surface area contributed by atoms with E-state index in [2.05, 4.69) is 22.1 Å². The van der Waals surface area contributed by atoms with Crippen LogP contribution in [0.4, 0.5) is 5.82 Å². The number of thioether (sulfide) groups is 1. The molecule has 0 aliphatic carbocycles. The first-order chi connectivity index (χ1) is 9.29. The number of aromatic nitrogens is 1. The molecule has 1 aliphatic rings. The van der Waals surface area contributed by atoms with Crippen molar-refractivity contribution < 1.29 is 0 Å².